The van der Waals surface area contributed by atoms with Crippen molar-refractivity contribution in [1.82, 2.24) is 9.88 Å². The number of carbonyl (C=O) groups excluding carboxylic acids is 1. The van der Waals surface area contributed by atoms with E-state index in [1.165, 1.54) is 30.2 Å². The lowest BCUT2D eigenvalue weighted by Crippen LogP contribution is -2.55. The molecular weight excluding hydrogens is 513 g/mol. The Kier molecular flexibility index (Phi) is 7.83. The molecule has 2 unspecified atom stereocenters. The summed E-state index contributed by atoms with van der Waals surface area (Å²) < 4.78 is 50.8. The van der Waals surface area contributed by atoms with Crippen molar-refractivity contribution in [2.45, 2.75) is 24.5 Å². The predicted molar refractivity (Wildman–Crippen MR) is 113 cm³/mol. The van der Waals surface area contributed by atoms with Gasteiger partial charge in [0.15, 0.2) is 11.5 Å². The van der Waals surface area contributed by atoms with E-state index in [4.69, 9.17) is 9.47 Å². The average Bonchev–Trinajstić information content (AvgIpc) is 2.77. The van der Waals surface area contributed by atoms with Crippen molar-refractivity contribution >= 4 is 21.8 Å². The minimum atomic E-state index is -4.75. The number of halogens is 4. The van der Waals surface area contributed by atoms with Crippen LogP contribution in [0.3, 0.4) is 0 Å². The third-order valence-electron chi connectivity index (χ3n) is 5.17. The van der Waals surface area contributed by atoms with Crippen LogP contribution in [0, 0.1) is 0 Å². The zero-order valence-corrected chi connectivity index (χ0v) is 19.1. The molecule has 0 saturated carbocycles. The molecular formula is C21H22BrF3N2O6. The molecule has 2 aromatic rings. The largest absolute Gasteiger partial charge is 0.522 e. The summed E-state index contributed by atoms with van der Waals surface area (Å²) >= 11 is 3.24. The second kappa shape index (κ2) is 10.2. The van der Waals surface area contributed by atoms with Gasteiger partial charge in [0.2, 0.25) is 0 Å². The molecule has 2 heterocycles. The number of methoxy groups -OCH3 is 1. The Morgan fingerprint density at radius 3 is 2.67 bits per heavy atom. The van der Waals surface area contributed by atoms with Crippen LogP contribution >= 0.6 is 15.9 Å². The van der Waals surface area contributed by atoms with Crippen LogP contribution in [-0.2, 0) is 10.3 Å². The van der Waals surface area contributed by atoms with Crippen LogP contribution in [0.15, 0.2) is 41.0 Å². The van der Waals surface area contributed by atoms with Crippen LogP contribution in [0.4, 0.5) is 13.2 Å². The van der Waals surface area contributed by atoms with Crippen LogP contribution in [0.5, 0.6) is 11.5 Å². The number of β-amino-alcohol motifs (C(OH)–C–C–N with tert-alkyl or cyclic N) is 1. The number of nitrogens with zero attached hydrogens (tertiary/aromatic N) is 2. The van der Waals surface area contributed by atoms with Crippen LogP contribution in [0.25, 0.3) is 0 Å². The number of hydrogen-bond acceptors (Lipinski definition) is 7. The zero-order chi connectivity index (χ0) is 24.2. The minimum Gasteiger partial charge on any atom is -0.493 e. The van der Waals surface area contributed by atoms with Crippen LogP contribution in [0.1, 0.15) is 22.5 Å². The van der Waals surface area contributed by atoms with Crippen LogP contribution < -0.4 is 9.47 Å². The Bertz CT molecular complexity index is 993. The Hall–Kier alpha value is -2.41. The summed E-state index contributed by atoms with van der Waals surface area (Å²) in [6.07, 6.45) is -5.95. The molecule has 8 nitrogen and oxygen atoms in total. The van der Waals surface area contributed by atoms with Gasteiger partial charge >= 0.3 is 6.36 Å². The Morgan fingerprint density at radius 1 is 1.27 bits per heavy atom. The molecule has 0 radical (unpaired) electrons. The highest BCUT2D eigenvalue weighted by atomic mass is 79.9. The number of hydrogen-bond donors (Lipinski definition) is 2. The zero-order valence-electron chi connectivity index (χ0n) is 17.5. The predicted octanol–water partition coefficient (Wildman–Crippen LogP) is 2.86. The van der Waals surface area contributed by atoms with Crippen molar-refractivity contribution in [2.75, 3.05) is 33.4 Å². The summed E-state index contributed by atoms with van der Waals surface area (Å²) in [5.74, 6) is -0.113. The molecule has 2 atom stereocenters. The topological polar surface area (TPSA) is 101 Å². The Balaban J connectivity index is 1.66. The lowest BCUT2D eigenvalue weighted by Gasteiger charge is -2.41. The van der Waals surface area contributed by atoms with Crippen molar-refractivity contribution in [2.24, 2.45) is 0 Å². The highest BCUT2D eigenvalue weighted by Crippen LogP contribution is 2.34. The molecule has 1 aliphatic heterocycles. The number of alkyl halides is 3. The first kappa shape index (κ1) is 25.2. The minimum absolute atomic E-state index is 0.0703. The van der Waals surface area contributed by atoms with Gasteiger partial charge in [-0.3, -0.25) is 9.53 Å². The maximum absolute atomic E-state index is 13.0. The molecule has 180 valence electrons. The lowest BCUT2D eigenvalue weighted by atomic mass is 9.85. The van der Waals surface area contributed by atoms with E-state index in [-0.39, 0.29) is 43.2 Å². The first-order chi connectivity index (χ1) is 15.5. The van der Waals surface area contributed by atoms with Gasteiger partial charge in [0.05, 0.1) is 26.0 Å². The quantitative estimate of drug-likeness (QED) is 0.416. The molecule has 1 aliphatic rings. The van der Waals surface area contributed by atoms with Gasteiger partial charge in [0, 0.05) is 18.5 Å². The monoisotopic (exact) mass is 534 g/mol. The molecule has 1 amide bonds. The number of aliphatic hydroxyl groups excluding tert-OH is 1. The van der Waals surface area contributed by atoms with E-state index >= 15 is 0 Å². The number of pyridine rings is 1. The van der Waals surface area contributed by atoms with Gasteiger partial charge in [-0.2, -0.15) is 0 Å². The van der Waals surface area contributed by atoms with Crippen molar-refractivity contribution in [1.29, 1.82) is 0 Å². The number of ether oxygens (including phenoxy) is 3. The number of rotatable bonds is 7. The van der Waals surface area contributed by atoms with Gasteiger partial charge in [-0.15, -0.1) is 13.2 Å². The van der Waals surface area contributed by atoms with Gasteiger partial charge in [-0.05, 0) is 46.3 Å². The number of likely N-dealkylation sites (tertiary alicyclic amines) is 1. The number of amides is 1. The molecule has 0 bridgehead atoms. The summed E-state index contributed by atoms with van der Waals surface area (Å²) in [5, 5.41) is 21.6. The summed E-state index contributed by atoms with van der Waals surface area (Å²) in [6.45, 7) is -1.03. The van der Waals surface area contributed by atoms with Gasteiger partial charge < -0.3 is 24.6 Å². The van der Waals surface area contributed by atoms with E-state index < -0.39 is 30.6 Å². The van der Waals surface area contributed by atoms with Crippen LogP contribution in [-0.4, -0.2) is 71.9 Å². The lowest BCUT2D eigenvalue weighted by molar-refractivity contribution is -0.325. The summed E-state index contributed by atoms with van der Waals surface area (Å²) in [7, 11) is 1.33. The number of benzene rings is 1. The third kappa shape index (κ3) is 6.14. The maximum atomic E-state index is 13.0. The molecule has 3 rings (SSSR count). The maximum Gasteiger partial charge on any atom is 0.522 e. The first-order valence-corrected chi connectivity index (χ1v) is 10.7. The smallest absolute Gasteiger partial charge is 0.493 e. The number of carbonyl (C=O) groups is 1. The fourth-order valence-corrected chi connectivity index (χ4v) is 3.81. The van der Waals surface area contributed by atoms with E-state index in [1.54, 1.807) is 18.2 Å². The highest BCUT2D eigenvalue weighted by molar-refractivity contribution is 9.10. The molecule has 1 aromatic carbocycles. The Labute approximate surface area is 196 Å². The summed E-state index contributed by atoms with van der Waals surface area (Å²) in [5.41, 5.74) is -1.08. The number of aromatic nitrogens is 1. The van der Waals surface area contributed by atoms with E-state index in [2.05, 4.69) is 25.7 Å². The molecule has 33 heavy (non-hydrogen) atoms. The van der Waals surface area contributed by atoms with E-state index in [1.807, 2.05) is 0 Å². The third-order valence-corrected chi connectivity index (χ3v) is 5.61. The fourth-order valence-electron chi connectivity index (χ4n) is 3.47. The van der Waals surface area contributed by atoms with Crippen molar-refractivity contribution in [3.05, 3.63) is 52.3 Å². The molecule has 1 saturated heterocycles. The van der Waals surface area contributed by atoms with E-state index in [0.717, 1.165) is 0 Å². The second-order valence-corrected chi connectivity index (χ2v) is 8.11. The fraction of sp³-hybridized carbons (Fsp3) is 0.429. The normalized spacial score (nSPS) is 21.1. The molecule has 2 N–H and O–H groups in total. The molecule has 1 fully saturated rings. The average molecular weight is 535 g/mol. The standard InChI is InChI=1S/C21H22BrF3N2O6/c1-31-15-11-13(5-6-14(15)32-9-10-33-21(23,24)25)19(29)27-8-7-20(30,17(28)12-27)16-3-2-4-18(22)26-16/h2-6,11,17,28,30H,7-10,12H2,1H3. The molecule has 0 aliphatic carbocycles. The molecule has 1 aromatic heterocycles. The molecule has 12 heteroatoms. The van der Waals surface area contributed by atoms with Gasteiger partial charge in [-0.25, -0.2) is 4.98 Å². The first-order valence-electron chi connectivity index (χ1n) is 9.88. The van der Waals surface area contributed by atoms with Crippen molar-refractivity contribution < 1.29 is 42.4 Å². The van der Waals surface area contributed by atoms with Gasteiger partial charge in [0.25, 0.3) is 5.91 Å². The van der Waals surface area contributed by atoms with Crippen molar-refractivity contribution in [3.8, 4) is 11.5 Å². The summed E-state index contributed by atoms with van der Waals surface area (Å²) in [6, 6.07) is 9.23. The SMILES string of the molecule is COc1cc(C(=O)N2CCC(O)(c3cccc(Br)n3)C(O)C2)ccc1OCCOC(F)(F)F. The Morgan fingerprint density at radius 2 is 2.03 bits per heavy atom. The van der Waals surface area contributed by atoms with E-state index in [9.17, 15) is 28.2 Å². The van der Waals surface area contributed by atoms with E-state index in [0.29, 0.717) is 10.3 Å². The van der Waals surface area contributed by atoms with Gasteiger partial charge in [0.1, 0.15) is 22.9 Å². The van der Waals surface area contributed by atoms with Gasteiger partial charge in [-0.1, -0.05) is 6.07 Å². The number of aliphatic hydroxyl groups is 2. The molecule has 0 spiro atoms. The van der Waals surface area contributed by atoms with Crippen molar-refractivity contribution in [3.63, 3.8) is 0 Å². The highest BCUT2D eigenvalue weighted by Gasteiger charge is 2.44. The summed E-state index contributed by atoms with van der Waals surface area (Å²) in [4.78, 5) is 18.6. The van der Waals surface area contributed by atoms with Crippen LogP contribution in [0.2, 0.25) is 0 Å². The number of piperidine rings is 1. The second-order valence-electron chi connectivity index (χ2n) is 7.30.